The Morgan fingerprint density at radius 2 is 1.88 bits per heavy atom. The molecule has 10 heteroatoms. The van der Waals surface area contributed by atoms with Crippen molar-refractivity contribution in [2.45, 2.75) is 13.1 Å². The highest BCUT2D eigenvalue weighted by Gasteiger charge is 2.34. The van der Waals surface area contributed by atoms with Gasteiger partial charge in [-0.05, 0) is 25.1 Å². The van der Waals surface area contributed by atoms with Crippen LogP contribution in [0.4, 0.5) is 23.7 Å². The summed E-state index contributed by atoms with van der Waals surface area (Å²) >= 11 is 5.61. The first kappa shape index (κ1) is 20.3. The van der Waals surface area contributed by atoms with E-state index in [1.165, 1.54) is 11.0 Å². The maximum atomic E-state index is 13.0. The predicted molar refractivity (Wildman–Crippen MR) is 90.1 cm³/mol. The highest BCUT2D eigenvalue weighted by Crippen LogP contribution is 2.36. The monoisotopic (exact) mass is 393 g/mol. The van der Waals surface area contributed by atoms with Gasteiger partial charge in [-0.1, -0.05) is 11.6 Å². The van der Waals surface area contributed by atoms with Gasteiger partial charge in [0.25, 0.3) is 0 Å². The van der Waals surface area contributed by atoms with Crippen molar-refractivity contribution in [1.29, 1.82) is 0 Å². The molecule has 2 rings (SSSR count). The second-order valence-electron chi connectivity index (χ2n) is 5.70. The maximum absolute atomic E-state index is 13.0. The van der Waals surface area contributed by atoms with Crippen LogP contribution in [-0.2, 0) is 15.7 Å². The van der Waals surface area contributed by atoms with Crippen LogP contribution < -0.4 is 5.32 Å². The fraction of sp³-hybridized carbons (Fsp3) is 0.500. The molecule has 1 aromatic rings. The van der Waals surface area contributed by atoms with Crippen LogP contribution in [0.15, 0.2) is 18.2 Å². The summed E-state index contributed by atoms with van der Waals surface area (Å²) in [5.41, 5.74) is -1.33. The minimum Gasteiger partial charge on any atom is -0.450 e. The second-order valence-corrected chi connectivity index (χ2v) is 6.13. The standard InChI is InChI=1S/C16H19ClF3N3O3/c1-2-26-15(25)23-7-5-22(6-8-23)10-14(24)21-13-4-3-11(17)9-12(13)16(18,19)20/h3-4,9H,2,5-8,10H2,1H3,(H,21,24). The number of amides is 2. The SMILES string of the molecule is CCOC(=O)N1CCN(CC(=O)Nc2ccc(Cl)cc2C(F)(F)F)CC1. The third kappa shape index (κ3) is 5.50. The number of hydrogen-bond donors (Lipinski definition) is 1. The number of piperazine rings is 1. The molecular formula is C16H19ClF3N3O3. The fourth-order valence-corrected chi connectivity index (χ4v) is 2.73. The molecule has 0 aliphatic carbocycles. The molecule has 1 heterocycles. The lowest BCUT2D eigenvalue weighted by atomic mass is 10.1. The van der Waals surface area contributed by atoms with Crippen molar-refractivity contribution in [3.8, 4) is 0 Å². The average molecular weight is 394 g/mol. The molecule has 1 N–H and O–H groups in total. The number of alkyl halides is 3. The van der Waals surface area contributed by atoms with Gasteiger partial charge in [0, 0.05) is 31.2 Å². The number of carbonyl (C=O) groups excluding carboxylic acids is 2. The zero-order chi connectivity index (χ0) is 19.3. The molecule has 2 amide bonds. The van der Waals surface area contributed by atoms with Crippen LogP contribution in [0.2, 0.25) is 5.02 Å². The van der Waals surface area contributed by atoms with Crippen LogP contribution in [0.25, 0.3) is 0 Å². The van der Waals surface area contributed by atoms with E-state index < -0.39 is 23.7 Å². The summed E-state index contributed by atoms with van der Waals surface area (Å²) in [7, 11) is 0. The largest absolute Gasteiger partial charge is 0.450 e. The predicted octanol–water partition coefficient (Wildman–Crippen LogP) is 3.07. The molecule has 0 radical (unpaired) electrons. The number of nitrogens with zero attached hydrogens (tertiary/aromatic N) is 2. The van der Waals surface area contributed by atoms with Crippen molar-refractivity contribution < 1.29 is 27.5 Å². The summed E-state index contributed by atoms with van der Waals surface area (Å²) in [5.74, 6) is -0.567. The summed E-state index contributed by atoms with van der Waals surface area (Å²) in [6, 6.07) is 3.18. The Labute approximate surface area is 153 Å². The van der Waals surface area contributed by atoms with E-state index in [-0.39, 0.29) is 23.9 Å². The number of nitrogens with one attached hydrogen (secondary N) is 1. The Morgan fingerprint density at radius 1 is 1.23 bits per heavy atom. The Balaban J connectivity index is 1.92. The van der Waals surface area contributed by atoms with Crippen molar-refractivity contribution in [3.63, 3.8) is 0 Å². The third-order valence-corrected chi connectivity index (χ3v) is 4.06. The molecule has 0 saturated carbocycles. The molecule has 26 heavy (non-hydrogen) atoms. The van der Waals surface area contributed by atoms with E-state index in [9.17, 15) is 22.8 Å². The third-order valence-electron chi connectivity index (χ3n) is 3.83. The molecule has 1 saturated heterocycles. The van der Waals surface area contributed by atoms with Crippen LogP contribution in [-0.4, -0.2) is 61.1 Å². The number of hydrogen-bond acceptors (Lipinski definition) is 4. The Bertz CT molecular complexity index is 662. The Kier molecular flexibility index (Phi) is 6.71. The molecule has 0 atom stereocenters. The quantitative estimate of drug-likeness (QED) is 0.854. The molecule has 1 aliphatic rings. The summed E-state index contributed by atoms with van der Waals surface area (Å²) < 4.78 is 44.1. The number of rotatable bonds is 4. The minimum absolute atomic E-state index is 0.0644. The summed E-state index contributed by atoms with van der Waals surface area (Å²) in [6.45, 7) is 3.56. The van der Waals surface area contributed by atoms with E-state index in [1.807, 2.05) is 0 Å². The minimum atomic E-state index is -4.63. The first-order valence-electron chi connectivity index (χ1n) is 8.01. The lowest BCUT2D eigenvalue weighted by Gasteiger charge is -2.33. The van der Waals surface area contributed by atoms with Gasteiger partial charge in [0.1, 0.15) is 0 Å². The first-order chi connectivity index (χ1) is 12.2. The molecule has 144 valence electrons. The van der Waals surface area contributed by atoms with Crippen LogP contribution in [0.3, 0.4) is 0 Å². The lowest BCUT2D eigenvalue weighted by molar-refractivity contribution is -0.137. The first-order valence-corrected chi connectivity index (χ1v) is 8.39. The Morgan fingerprint density at radius 3 is 2.46 bits per heavy atom. The van der Waals surface area contributed by atoms with Crippen molar-refractivity contribution in [1.82, 2.24) is 9.80 Å². The average Bonchev–Trinajstić information content (AvgIpc) is 2.56. The van der Waals surface area contributed by atoms with Crippen molar-refractivity contribution in [2.24, 2.45) is 0 Å². The van der Waals surface area contributed by atoms with Gasteiger partial charge in [0.2, 0.25) is 5.91 Å². The zero-order valence-electron chi connectivity index (χ0n) is 14.1. The van der Waals surface area contributed by atoms with Crippen molar-refractivity contribution >= 4 is 29.3 Å². The van der Waals surface area contributed by atoms with Gasteiger partial charge < -0.3 is 15.0 Å². The molecule has 6 nitrogen and oxygen atoms in total. The van der Waals surface area contributed by atoms with E-state index in [1.54, 1.807) is 11.8 Å². The van der Waals surface area contributed by atoms with Gasteiger partial charge in [-0.15, -0.1) is 0 Å². The van der Waals surface area contributed by atoms with Gasteiger partial charge in [-0.2, -0.15) is 13.2 Å². The molecular weight excluding hydrogens is 375 g/mol. The lowest BCUT2D eigenvalue weighted by Crippen LogP contribution is -2.50. The number of halogens is 4. The van der Waals surface area contributed by atoms with E-state index in [2.05, 4.69) is 5.32 Å². The van der Waals surface area contributed by atoms with E-state index in [4.69, 9.17) is 16.3 Å². The molecule has 0 aromatic heterocycles. The van der Waals surface area contributed by atoms with Gasteiger partial charge in [0.15, 0.2) is 0 Å². The highest BCUT2D eigenvalue weighted by atomic mass is 35.5. The molecule has 0 bridgehead atoms. The molecule has 0 spiro atoms. The second kappa shape index (κ2) is 8.59. The molecule has 1 fully saturated rings. The van der Waals surface area contributed by atoms with Crippen LogP contribution in [0.5, 0.6) is 0 Å². The summed E-state index contributed by atoms with van der Waals surface area (Å²) in [5, 5.41) is 2.22. The van der Waals surface area contributed by atoms with Gasteiger partial charge in [-0.3, -0.25) is 9.69 Å². The molecule has 1 aliphatic heterocycles. The van der Waals surface area contributed by atoms with Crippen molar-refractivity contribution in [3.05, 3.63) is 28.8 Å². The van der Waals surface area contributed by atoms with Crippen LogP contribution in [0, 0.1) is 0 Å². The van der Waals surface area contributed by atoms with E-state index in [0.29, 0.717) is 26.2 Å². The smallest absolute Gasteiger partial charge is 0.418 e. The number of benzene rings is 1. The number of carbonyl (C=O) groups is 2. The maximum Gasteiger partial charge on any atom is 0.418 e. The summed E-state index contributed by atoms with van der Waals surface area (Å²) in [6.07, 6.45) is -5.04. The fourth-order valence-electron chi connectivity index (χ4n) is 2.56. The Hall–Kier alpha value is -2.00. The zero-order valence-corrected chi connectivity index (χ0v) is 14.9. The van der Waals surface area contributed by atoms with Gasteiger partial charge in [-0.25, -0.2) is 4.79 Å². The van der Waals surface area contributed by atoms with Crippen LogP contribution in [0.1, 0.15) is 12.5 Å². The molecule has 1 aromatic carbocycles. The van der Waals surface area contributed by atoms with Gasteiger partial charge in [0.05, 0.1) is 24.4 Å². The van der Waals surface area contributed by atoms with Gasteiger partial charge >= 0.3 is 12.3 Å². The van der Waals surface area contributed by atoms with Crippen molar-refractivity contribution in [2.75, 3.05) is 44.6 Å². The number of ether oxygens (including phenoxy) is 1. The highest BCUT2D eigenvalue weighted by molar-refractivity contribution is 6.30. The normalized spacial score (nSPS) is 15.7. The van der Waals surface area contributed by atoms with E-state index in [0.717, 1.165) is 12.1 Å². The molecule has 0 unspecified atom stereocenters. The van der Waals surface area contributed by atoms with E-state index >= 15 is 0 Å². The summed E-state index contributed by atoms with van der Waals surface area (Å²) in [4.78, 5) is 27.0. The van der Waals surface area contributed by atoms with Crippen LogP contribution >= 0.6 is 11.6 Å². The topological polar surface area (TPSA) is 61.9 Å². The number of anilines is 1.